The van der Waals surface area contributed by atoms with Crippen LogP contribution in [-0.2, 0) is 0 Å². The van der Waals surface area contributed by atoms with Gasteiger partial charge in [0.05, 0.1) is 0 Å². The molecule has 0 amide bonds. The van der Waals surface area contributed by atoms with Crippen LogP contribution in [0.5, 0.6) is 11.5 Å². The first-order chi connectivity index (χ1) is 8.81. The lowest BCUT2D eigenvalue weighted by molar-refractivity contribution is 0.171. The molecule has 0 unspecified atom stereocenters. The molecular formula is C12H10ClN3O2. The molecule has 0 atom stereocenters. The van der Waals surface area contributed by atoms with Crippen molar-refractivity contribution >= 4 is 23.1 Å². The van der Waals surface area contributed by atoms with Gasteiger partial charge in [0.2, 0.25) is 0 Å². The molecule has 0 saturated heterocycles. The van der Waals surface area contributed by atoms with Crippen molar-refractivity contribution in [3.05, 3.63) is 35.5 Å². The maximum atomic E-state index is 5.67. The first-order valence-corrected chi connectivity index (χ1v) is 5.85. The van der Waals surface area contributed by atoms with Gasteiger partial charge in [-0.1, -0.05) is 11.6 Å². The first-order valence-electron chi connectivity index (χ1n) is 5.47. The van der Waals surface area contributed by atoms with E-state index in [1.165, 1.54) is 0 Å². The second kappa shape index (κ2) is 4.70. The number of aromatic nitrogens is 2. The van der Waals surface area contributed by atoms with Crippen molar-refractivity contribution < 1.29 is 9.47 Å². The molecule has 1 N–H and O–H groups in total. The highest BCUT2D eigenvalue weighted by atomic mass is 35.5. The molecule has 1 aliphatic heterocycles. The summed E-state index contributed by atoms with van der Waals surface area (Å²) in [5.74, 6) is 2.11. The van der Waals surface area contributed by atoms with Gasteiger partial charge in [-0.25, -0.2) is 0 Å². The van der Waals surface area contributed by atoms with E-state index >= 15 is 0 Å². The van der Waals surface area contributed by atoms with Crippen molar-refractivity contribution in [1.29, 1.82) is 0 Å². The molecule has 1 aromatic carbocycles. The lowest BCUT2D eigenvalue weighted by Crippen LogP contribution is -2.15. The van der Waals surface area contributed by atoms with Crippen molar-refractivity contribution in [3.8, 4) is 11.5 Å². The number of halogens is 1. The van der Waals surface area contributed by atoms with Crippen LogP contribution in [0.15, 0.2) is 30.3 Å². The topological polar surface area (TPSA) is 56.3 Å². The molecule has 1 aromatic heterocycles. The molecule has 2 heterocycles. The van der Waals surface area contributed by atoms with Gasteiger partial charge in [-0.3, -0.25) is 0 Å². The molecule has 3 rings (SSSR count). The zero-order valence-electron chi connectivity index (χ0n) is 9.39. The highest BCUT2D eigenvalue weighted by molar-refractivity contribution is 6.29. The summed E-state index contributed by atoms with van der Waals surface area (Å²) in [6, 6.07) is 9.05. The molecule has 1 aliphatic rings. The third-order valence-electron chi connectivity index (χ3n) is 2.45. The van der Waals surface area contributed by atoms with Crippen LogP contribution in [0.1, 0.15) is 0 Å². The molecule has 0 bridgehead atoms. The van der Waals surface area contributed by atoms with Gasteiger partial charge in [0.25, 0.3) is 0 Å². The minimum Gasteiger partial charge on any atom is -0.486 e. The highest BCUT2D eigenvalue weighted by Crippen LogP contribution is 2.33. The van der Waals surface area contributed by atoms with E-state index in [1.807, 2.05) is 18.2 Å². The van der Waals surface area contributed by atoms with Crippen LogP contribution in [0.4, 0.5) is 11.5 Å². The lowest BCUT2D eigenvalue weighted by atomic mass is 10.2. The van der Waals surface area contributed by atoms with Crippen molar-refractivity contribution in [2.75, 3.05) is 18.5 Å². The maximum absolute atomic E-state index is 5.67. The van der Waals surface area contributed by atoms with Crippen LogP contribution in [0.3, 0.4) is 0 Å². The minimum absolute atomic E-state index is 0.364. The molecule has 0 saturated carbocycles. The predicted molar refractivity (Wildman–Crippen MR) is 67.8 cm³/mol. The number of ether oxygens (including phenoxy) is 2. The van der Waals surface area contributed by atoms with Crippen molar-refractivity contribution in [3.63, 3.8) is 0 Å². The van der Waals surface area contributed by atoms with Gasteiger partial charge in [-0.2, -0.15) is 0 Å². The summed E-state index contributed by atoms with van der Waals surface area (Å²) in [5.41, 5.74) is 0.857. The average Bonchev–Trinajstić information content (AvgIpc) is 2.41. The molecule has 0 radical (unpaired) electrons. The van der Waals surface area contributed by atoms with E-state index in [9.17, 15) is 0 Å². The highest BCUT2D eigenvalue weighted by Gasteiger charge is 2.11. The van der Waals surface area contributed by atoms with Crippen LogP contribution in [0.2, 0.25) is 5.15 Å². The smallest absolute Gasteiger partial charge is 0.163 e. The quantitative estimate of drug-likeness (QED) is 0.903. The van der Waals surface area contributed by atoms with E-state index in [0.717, 1.165) is 17.2 Å². The molecule has 0 aliphatic carbocycles. The zero-order valence-corrected chi connectivity index (χ0v) is 10.1. The second-order valence-corrected chi connectivity index (χ2v) is 4.11. The second-order valence-electron chi connectivity index (χ2n) is 3.72. The Hall–Kier alpha value is -2.01. The van der Waals surface area contributed by atoms with E-state index < -0.39 is 0 Å². The Bertz CT molecular complexity index is 560. The van der Waals surface area contributed by atoms with Crippen LogP contribution in [0, 0.1) is 0 Å². The summed E-state index contributed by atoms with van der Waals surface area (Å²) in [6.07, 6.45) is 0. The average molecular weight is 264 g/mol. The monoisotopic (exact) mass is 263 g/mol. The van der Waals surface area contributed by atoms with E-state index in [0.29, 0.717) is 24.2 Å². The summed E-state index contributed by atoms with van der Waals surface area (Å²) in [6.45, 7) is 1.15. The third kappa shape index (κ3) is 2.31. The fourth-order valence-electron chi connectivity index (χ4n) is 1.65. The summed E-state index contributed by atoms with van der Waals surface area (Å²) < 4.78 is 10.9. The molecule has 2 aromatic rings. The van der Waals surface area contributed by atoms with Gasteiger partial charge in [0, 0.05) is 11.8 Å². The largest absolute Gasteiger partial charge is 0.486 e. The standard InChI is InChI=1S/C12H10ClN3O2/c13-11-3-4-12(16-15-11)14-8-1-2-9-10(7-8)18-6-5-17-9/h1-4,7H,5-6H2,(H,14,16). The van der Waals surface area contributed by atoms with Crippen molar-refractivity contribution in [1.82, 2.24) is 10.2 Å². The summed E-state index contributed by atoms with van der Waals surface area (Å²) >= 11 is 5.67. The zero-order chi connectivity index (χ0) is 12.4. The number of nitrogens with zero attached hydrogens (tertiary/aromatic N) is 2. The molecule has 0 fully saturated rings. The minimum atomic E-state index is 0.364. The number of hydrogen-bond donors (Lipinski definition) is 1. The number of benzene rings is 1. The van der Waals surface area contributed by atoms with Crippen molar-refractivity contribution in [2.45, 2.75) is 0 Å². The number of fused-ring (bicyclic) bond motifs is 1. The van der Waals surface area contributed by atoms with Gasteiger partial charge in [-0.15, -0.1) is 10.2 Å². The van der Waals surface area contributed by atoms with Gasteiger partial charge in [0.15, 0.2) is 22.5 Å². The first kappa shape index (κ1) is 11.1. The van der Waals surface area contributed by atoms with Crippen LogP contribution in [-0.4, -0.2) is 23.4 Å². The molecule has 0 spiro atoms. The molecule has 6 heteroatoms. The third-order valence-corrected chi connectivity index (χ3v) is 2.65. The Kier molecular flexibility index (Phi) is 2.90. The Morgan fingerprint density at radius 3 is 2.61 bits per heavy atom. The van der Waals surface area contributed by atoms with Crippen molar-refractivity contribution in [2.24, 2.45) is 0 Å². The number of rotatable bonds is 2. The van der Waals surface area contributed by atoms with Crippen LogP contribution >= 0.6 is 11.6 Å². The SMILES string of the molecule is Clc1ccc(Nc2ccc3c(c2)OCCO3)nn1. The lowest BCUT2D eigenvalue weighted by Gasteiger charge is -2.19. The Labute approximate surface area is 109 Å². The molecule has 92 valence electrons. The fraction of sp³-hybridized carbons (Fsp3) is 0.167. The summed E-state index contributed by atoms with van der Waals surface area (Å²) in [5, 5.41) is 11.2. The molecule has 18 heavy (non-hydrogen) atoms. The Balaban J connectivity index is 1.82. The van der Waals surface area contributed by atoms with Gasteiger partial charge >= 0.3 is 0 Å². The number of hydrogen-bond acceptors (Lipinski definition) is 5. The van der Waals surface area contributed by atoms with Gasteiger partial charge in [0.1, 0.15) is 13.2 Å². The predicted octanol–water partition coefficient (Wildman–Crippen LogP) is 2.64. The molecule has 5 nitrogen and oxygen atoms in total. The van der Waals surface area contributed by atoms with E-state index in [-0.39, 0.29) is 0 Å². The van der Waals surface area contributed by atoms with Crippen LogP contribution in [0.25, 0.3) is 0 Å². The number of anilines is 2. The number of nitrogens with one attached hydrogen (secondary N) is 1. The fourth-order valence-corrected chi connectivity index (χ4v) is 1.75. The normalized spacial score (nSPS) is 13.2. The Morgan fingerprint density at radius 1 is 1.00 bits per heavy atom. The molecular weight excluding hydrogens is 254 g/mol. The van der Waals surface area contributed by atoms with Gasteiger partial charge < -0.3 is 14.8 Å². The summed E-state index contributed by atoms with van der Waals surface area (Å²) in [7, 11) is 0. The maximum Gasteiger partial charge on any atom is 0.163 e. The van der Waals surface area contributed by atoms with E-state index in [1.54, 1.807) is 12.1 Å². The van der Waals surface area contributed by atoms with Crippen LogP contribution < -0.4 is 14.8 Å². The van der Waals surface area contributed by atoms with E-state index in [2.05, 4.69) is 15.5 Å². The van der Waals surface area contributed by atoms with E-state index in [4.69, 9.17) is 21.1 Å². The van der Waals surface area contributed by atoms with Gasteiger partial charge in [-0.05, 0) is 24.3 Å². The summed E-state index contributed by atoms with van der Waals surface area (Å²) in [4.78, 5) is 0. The Morgan fingerprint density at radius 2 is 1.83 bits per heavy atom.